The zero-order valence-electron chi connectivity index (χ0n) is 9.22. The molecule has 0 aromatic heterocycles. The third-order valence-electron chi connectivity index (χ3n) is 1.31. The maximum Gasteiger partial charge on any atom is 0.333 e. The molecule has 4 heteroatoms. The van der Waals surface area contributed by atoms with E-state index in [-0.39, 0.29) is 5.97 Å². The molecule has 0 aromatic rings. The van der Waals surface area contributed by atoms with Gasteiger partial charge in [-0.25, -0.2) is 4.79 Å². The lowest BCUT2D eigenvalue weighted by molar-refractivity contribution is -0.151. The average molecular weight is 204 g/mol. The van der Waals surface area contributed by atoms with Crippen LogP contribution in [0.4, 0.5) is 0 Å². The van der Waals surface area contributed by atoms with Gasteiger partial charge in [0, 0.05) is 0 Å². The molecule has 13 heavy (non-hydrogen) atoms. The molecule has 0 aliphatic rings. The Kier molecular flexibility index (Phi) is 5.25. The predicted molar refractivity (Wildman–Crippen MR) is 55.1 cm³/mol. The lowest BCUT2D eigenvalue weighted by Crippen LogP contribution is -2.35. The Morgan fingerprint density at radius 2 is 1.92 bits per heavy atom. The monoisotopic (exact) mass is 204 g/mol. The van der Waals surface area contributed by atoms with Crippen LogP contribution in [0.2, 0.25) is 19.6 Å². The van der Waals surface area contributed by atoms with E-state index >= 15 is 0 Å². The molecule has 0 amide bonds. The smallest absolute Gasteiger partial charge is 0.333 e. The molecule has 0 rings (SSSR count). The van der Waals surface area contributed by atoms with Crippen LogP contribution in [0.3, 0.4) is 0 Å². The first-order valence-electron chi connectivity index (χ1n) is 4.71. The average Bonchev–Trinajstić information content (AvgIpc) is 1.96. The predicted octanol–water partition coefficient (Wildman–Crippen LogP) is 2.18. The molecule has 78 valence electrons. The molecule has 0 heterocycles. The van der Waals surface area contributed by atoms with Crippen LogP contribution in [0.5, 0.6) is 0 Å². The van der Waals surface area contributed by atoms with Gasteiger partial charge >= 0.3 is 5.97 Å². The van der Waals surface area contributed by atoms with Crippen LogP contribution in [0.25, 0.3) is 0 Å². The number of esters is 1. The van der Waals surface area contributed by atoms with Crippen LogP contribution in [0.1, 0.15) is 20.3 Å². The third kappa shape index (κ3) is 6.78. The SMILES string of the molecule is CCCOC(=O)C(C)O[Si](C)(C)C. The molecule has 0 spiro atoms. The van der Waals surface area contributed by atoms with Gasteiger partial charge < -0.3 is 9.16 Å². The highest BCUT2D eigenvalue weighted by atomic mass is 28.4. The van der Waals surface area contributed by atoms with E-state index in [2.05, 4.69) is 19.6 Å². The van der Waals surface area contributed by atoms with Crippen molar-refractivity contribution in [3.05, 3.63) is 0 Å². The largest absolute Gasteiger partial charge is 0.464 e. The number of ether oxygens (including phenoxy) is 1. The highest BCUT2D eigenvalue weighted by molar-refractivity contribution is 6.69. The summed E-state index contributed by atoms with van der Waals surface area (Å²) in [6.45, 7) is 10.4. The van der Waals surface area contributed by atoms with Gasteiger partial charge in [0.25, 0.3) is 0 Å². The van der Waals surface area contributed by atoms with E-state index in [1.165, 1.54) is 0 Å². The fourth-order valence-electron chi connectivity index (χ4n) is 0.898. The number of hydrogen-bond acceptors (Lipinski definition) is 3. The summed E-state index contributed by atoms with van der Waals surface area (Å²) in [4.78, 5) is 11.3. The Bertz CT molecular complexity index is 163. The summed E-state index contributed by atoms with van der Waals surface area (Å²) in [5.41, 5.74) is 0. The van der Waals surface area contributed by atoms with Crippen molar-refractivity contribution in [1.82, 2.24) is 0 Å². The lowest BCUT2D eigenvalue weighted by atomic mass is 10.4. The Balaban J connectivity index is 3.83. The van der Waals surface area contributed by atoms with Gasteiger partial charge in [0.1, 0.15) is 6.10 Å². The Morgan fingerprint density at radius 3 is 2.31 bits per heavy atom. The maximum absolute atomic E-state index is 11.3. The van der Waals surface area contributed by atoms with Crippen LogP contribution in [-0.4, -0.2) is 27.0 Å². The van der Waals surface area contributed by atoms with E-state index in [1.807, 2.05) is 6.92 Å². The molecule has 1 unspecified atom stereocenters. The van der Waals surface area contributed by atoms with Gasteiger partial charge in [-0.2, -0.15) is 0 Å². The number of rotatable bonds is 5. The summed E-state index contributed by atoms with van der Waals surface area (Å²) in [6.07, 6.45) is 0.434. The van der Waals surface area contributed by atoms with Gasteiger partial charge in [-0.3, -0.25) is 0 Å². The minimum atomic E-state index is -1.62. The number of hydrogen-bond donors (Lipinski definition) is 0. The third-order valence-corrected chi connectivity index (χ3v) is 2.37. The van der Waals surface area contributed by atoms with E-state index in [9.17, 15) is 4.79 Å². The Labute approximate surface area is 81.6 Å². The first-order valence-corrected chi connectivity index (χ1v) is 8.12. The van der Waals surface area contributed by atoms with E-state index in [4.69, 9.17) is 9.16 Å². The molecule has 0 saturated heterocycles. The molecule has 0 aromatic carbocycles. The molecule has 3 nitrogen and oxygen atoms in total. The molecule has 0 N–H and O–H groups in total. The second-order valence-corrected chi connectivity index (χ2v) is 8.50. The molecule has 0 aliphatic heterocycles. The summed E-state index contributed by atoms with van der Waals surface area (Å²) >= 11 is 0. The molecule has 0 radical (unpaired) electrons. The van der Waals surface area contributed by atoms with Crippen molar-refractivity contribution in [3.8, 4) is 0 Å². The molecular formula is C9H20O3Si. The molecule has 0 aliphatic carbocycles. The quantitative estimate of drug-likeness (QED) is 0.508. The van der Waals surface area contributed by atoms with Crippen molar-refractivity contribution < 1.29 is 14.0 Å². The Morgan fingerprint density at radius 1 is 1.38 bits per heavy atom. The van der Waals surface area contributed by atoms with Crippen LogP contribution in [-0.2, 0) is 14.0 Å². The second kappa shape index (κ2) is 5.39. The normalized spacial score (nSPS) is 13.9. The zero-order chi connectivity index (χ0) is 10.5. The van der Waals surface area contributed by atoms with Crippen molar-refractivity contribution in [2.24, 2.45) is 0 Å². The van der Waals surface area contributed by atoms with E-state index in [0.29, 0.717) is 6.61 Å². The van der Waals surface area contributed by atoms with Gasteiger partial charge in [0.05, 0.1) is 6.61 Å². The fourth-order valence-corrected chi connectivity index (χ4v) is 2.06. The minimum absolute atomic E-state index is 0.246. The molecule has 0 saturated carbocycles. The topological polar surface area (TPSA) is 35.5 Å². The molecular weight excluding hydrogens is 184 g/mol. The van der Waals surface area contributed by atoms with Gasteiger partial charge in [0.2, 0.25) is 0 Å². The number of carbonyl (C=O) groups is 1. The second-order valence-electron chi connectivity index (χ2n) is 4.04. The van der Waals surface area contributed by atoms with Crippen molar-refractivity contribution in [1.29, 1.82) is 0 Å². The van der Waals surface area contributed by atoms with Gasteiger partial charge in [0.15, 0.2) is 8.32 Å². The van der Waals surface area contributed by atoms with E-state index in [0.717, 1.165) is 6.42 Å². The first-order chi connectivity index (χ1) is 5.87. The maximum atomic E-state index is 11.3. The van der Waals surface area contributed by atoms with Gasteiger partial charge in [-0.05, 0) is 33.0 Å². The first kappa shape index (κ1) is 12.6. The van der Waals surface area contributed by atoms with Gasteiger partial charge in [-0.15, -0.1) is 0 Å². The van der Waals surface area contributed by atoms with Crippen molar-refractivity contribution in [2.75, 3.05) is 6.61 Å². The summed E-state index contributed by atoms with van der Waals surface area (Å²) < 4.78 is 10.5. The summed E-state index contributed by atoms with van der Waals surface area (Å²) in [5, 5.41) is 0. The van der Waals surface area contributed by atoms with E-state index < -0.39 is 14.4 Å². The molecule has 1 atom stereocenters. The molecule has 0 bridgehead atoms. The van der Waals surface area contributed by atoms with E-state index in [1.54, 1.807) is 6.92 Å². The van der Waals surface area contributed by atoms with Crippen molar-refractivity contribution in [2.45, 2.75) is 46.0 Å². The van der Waals surface area contributed by atoms with Crippen LogP contribution < -0.4 is 0 Å². The van der Waals surface area contributed by atoms with Gasteiger partial charge in [-0.1, -0.05) is 6.92 Å². The fraction of sp³-hybridized carbons (Fsp3) is 0.889. The zero-order valence-corrected chi connectivity index (χ0v) is 10.2. The lowest BCUT2D eigenvalue weighted by Gasteiger charge is -2.21. The van der Waals surface area contributed by atoms with Crippen LogP contribution in [0, 0.1) is 0 Å². The Hall–Kier alpha value is -0.353. The summed E-state index contributed by atoms with van der Waals surface area (Å²) in [5.74, 6) is -0.246. The summed E-state index contributed by atoms with van der Waals surface area (Å²) in [6, 6.07) is 0. The van der Waals surface area contributed by atoms with Crippen molar-refractivity contribution in [3.63, 3.8) is 0 Å². The highest BCUT2D eigenvalue weighted by Gasteiger charge is 2.23. The minimum Gasteiger partial charge on any atom is -0.464 e. The standard InChI is InChI=1S/C9H20O3Si/c1-6-7-11-9(10)8(2)12-13(3,4)5/h8H,6-7H2,1-5H3. The highest BCUT2D eigenvalue weighted by Crippen LogP contribution is 2.08. The van der Waals surface area contributed by atoms with Crippen molar-refractivity contribution >= 4 is 14.3 Å². The summed E-state index contributed by atoms with van der Waals surface area (Å²) in [7, 11) is -1.62. The van der Waals surface area contributed by atoms with Crippen LogP contribution in [0.15, 0.2) is 0 Å². The molecule has 0 fully saturated rings. The number of carbonyl (C=O) groups excluding carboxylic acids is 1. The van der Waals surface area contributed by atoms with Crippen LogP contribution >= 0.6 is 0 Å².